The summed E-state index contributed by atoms with van der Waals surface area (Å²) in [7, 11) is 0. The van der Waals surface area contributed by atoms with Gasteiger partial charge < -0.3 is 10.5 Å². The SMILES string of the molecule is Cc1ccc(OCc2cccc(N)c2F)cc1C. The first-order valence-corrected chi connectivity index (χ1v) is 5.81. The highest BCUT2D eigenvalue weighted by molar-refractivity contribution is 5.43. The number of halogens is 1. The highest BCUT2D eigenvalue weighted by Crippen LogP contribution is 2.20. The Morgan fingerprint density at radius 3 is 2.61 bits per heavy atom. The molecule has 0 unspecified atom stereocenters. The zero-order valence-corrected chi connectivity index (χ0v) is 10.5. The van der Waals surface area contributed by atoms with Gasteiger partial charge in [-0.3, -0.25) is 0 Å². The molecule has 2 N–H and O–H groups in total. The molecule has 18 heavy (non-hydrogen) atoms. The Hall–Kier alpha value is -2.03. The van der Waals surface area contributed by atoms with Gasteiger partial charge in [0.1, 0.15) is 12.4 Å². The largest absolute Gasteiger partial charge is 0.489 e. The van der Waals surface area contributed by atoms with Crippen LogP contribution in [-0.2, 0) is 6.61 Å². The van der Waals surface area contributed by atoms with Crippen LogP contribution in [0, 0.1) is 19.7 Å². The van der Waals surface area contributed by atoms with E-state index >= 15 is 0 Å². The predicted octanol–water partition coefficient (Wildman–Crippen LogP) is 3.60. The van der Waals surface area contributed by atoms with E-state index in [9.17, 15) is 4.39 Å². The molecule has 0 aliphatic carbocycles. The molecule has 2 aromatic carbocycles. The fourth-order valence-corrected chi connectivity index (χ4v) is 1.68. The lowest BCUT2D eigenvalue weighted by molar-refractivity contribution is 0.300. The van der Waals surface area contributed by atoms with E-state index in [0.29, 0.717) is 5.56 Å². The lowest BCUT2D eigenvalue weighted by Gasteiger charge is -2.09. The maximum absolute atomic E-state index is 13.6. The van der Waals surface area contributed by atoms with Gasteiger partial charge in [-0.15, -0.1) is 0 Å². The van der Waals surface area contributed by atoms with Crippen molar-refractivity contribution in [1.29, 1.82) is 0 Å². The fraction of sp³-hybridized carbons (Fsp3) is 0.200. The number of nitrogen functional groups attached to an aromatic ring is 1. The maximum Gasteiger partial charge on any atom is 0.152 e. The fourth-order valence-electron chi connectivity index (χ4n) is 1.68. The molecule has 0 bridgehead atoms. The highest BCUT2D eigenvalue weighted by atomic mass is 19.1. The average molecular weight is 245 g/mol. The molecule has 2 rings (SSSR count). The predicted molar refractivity (Wildman–Crippen MR) is 71.1 cm³/mol. The van der Waals surface area contributed by atoms with E-state index in [1.165, 1.54) is 11.6 Å². The standard InChI is InChI=1S/C15H16FNO/c1-10-6-7-13(8-11(10)2)18-9-12-4-3-5-14(17)15(12)16/h3-8H,9,17H2,1-2H3. The van der Waals surface area contributed by atoms with E-state index in [2.05, 4.69) is 0 Å². The molecule has 94 valence electrons. The summed E-state index contributed by atoms with van der Waals surface area (Å²) in [6.45, 7) is 4.24. The number of ether oxygens (including phenoxy) is 1. The monoisotopic (exact) mass is 245 g/mol. The first kappa shape index (κ1) is 12.4. The Morgan fingerprint density at radius 2 is 1.89 bits per heavy atom. The summed E-state index contributed by atoms with van der Waals surface area (Å²) in [5, 5.41) is 0. The minimum Gasteiger partial charge on any atom is -0.489 e. The molecule has 0 spiro atoms. The molecule has 2 aromatic rings. The van der Waals surface area contributed by atoms with Gasteiger partial charge in [0.05, 0.1) is 5.69 Å². The molecule has 0 atom stereocenters. The third kappa shape index (κ3) is 2.62. The molecule has 3 heteroatoms. The van der Waals surface area contributed by atoms with Crippen LogP contribution in [0.25, 0.3) is 0 Å². The number of aryl methyl sites for hydroxylation is 2. The minimum absolute atomic E-state index is 0.149. The smallest absolute Gasteiger partial charge is 0.152 e. The second kappa shape index (κ2) is 5.08. The average Bonchev–Trinajstić information content (AvgIpc) is 2.35. The van der Waals surface area contributed by atoms with Crippen molar-refractivity contribution in [2.45, 2.75) is 20.5 Å². The number of hydrogen-bond acceptors (Lipinski definition) is 2. The van der Waals surface area contributed by atoms with Crippen LogP contribution < -0.4 is 10.5 Å². The Labute approximate surface area is 106 Å². The van der Waals surface area contributed by atoms with E-state index in [1.54, 1.807) is 12.1 Å². The zero-order chi connectivity index (χ0) is 13.1. The van der Waals surface area contributed by atoms with Gasteiger partial charge in [0, 0.05) is 5.56 Å². The Morgan fingerprint density at radius 1 is 1.11 bits per heavy atom. The van der Waals surface area contributed by atoms with Crippen LogP contribution in [0.3, 0.4) is 0 Å². The lowest BCUT2D eigenvalue weighted by Crippen LogP contribution is -2.01. The molecule has 0 fully saturated rings. The molecule has 0 aliphatic heterocycles. The third-order valence-electron chi connectivity index (χ3n) is 2.98. The summed E-state index contributed by atoms with van der Waals surface area (Å²) in [6.07, 6.45) is 0. The molecule has 0 saturated heterocycles. The van der Waals surface area contributed by atoms with Gasteiger partial charge in [-0.05, 0) is 43.2 Å². The zero-order valence-electron chi connectivity index (χ0n) is 10.5. The van der Waals surface area contributed by atoms with Gasteiger partial charge in [0.25, 0.3) is 0 Å². The molecule has 0 aromatic heterocycles. The first-order valence-electron chi connectivity index (χ1n) is 5.81. The molecular weight excluding hydrogens is 229 g/mol. The second-order valence-electron chi connectivity index (χ2n) is 4.36. The Kier molecular flexibility index (Phi) is 3.51. The van der Waals surface area contributed by atoms with Gasteiger partial charge in [0.15, 0.2) is 5.82 Å². The quantitative estimate of drug-likeness (QED) is 0.838. The van der Waals surface area contributed by atoms with Gasteiger partial charge in [-0.25, -0.2) is 4.39 Å². The topological polar surface area (TPSA) is 35.2 Å². The number of nitrogens with two attached hydrogens (primary N) is 1. The summed E-state index contributed by atoms with van der Waals surface area (Å²) in [5.41, 5.74) is 8.48. The van der Waals surface area contributed by atoms with Gasteiger partial charge >= 0.3 is 0 Å². The molecular formula is C15H16FNO. The van der Waals surface area contributed by atoms with E-state index < -0.39 is 5.82 Å². The van der Waals surface area contributed by atoms with Gasteiger partial charge in [0.2, 0.25) is 0 Å². The van der Waals surface area contributed by atoms with Crippen LogP contribution in [0.15, 0.2) is 36.4 Å². The molecule has 0 amide bonds. The summed E-state index contributed by atoms with van der Waals surface area (Å²) in [5.74, 6) is 0.334. The lowest BCUT2D eigenvalue weighted by atomic mass is 10.1. The number of hydrogen-bond donors (Lipinski definition) is 1. The third-order valence-corrected chi connectivity index (χ3v) is 2.98. The van der Waals surface area contributed by atoms with E-state index in [-0.39, 0.29) is 12.3 Å². The molecule has 0 saturated carbocycles. The van der Waals surface area contributed by atoms with Crippen LogP contribution in [0.2, 0.25) is 0 Å². The van der Waals surface area contributed by atoms with Crippen molar-refractivity contribution in [2.75, 3.05) is 5.73 Å². The van der Waals surface area contributed by atoms with E-state index in [4.69, 9.17) is 10.5 Å². The van der Waals surface area contributed by atoms with Gasteiger partial charge in [-0.1, -0.05) is 18.2 Å². The highest BCUT2D eigenvalue weighted by Gasteiger charge is 2.06. The summed E-state index contributed by atoms with van der Waals surface area (Å²) in [6, 6.07) is 10.7. The molecule has 0 radical (unpaired) electrons. The van der Waals surface area contributed by atoms with Crippen LogP contribution >= 0.6 is 0 Å². The van der Waals surface area contributed by atoms with Crippen LogP contribution in [0.4, 0.5) is 10.1 Å². The second-order valence-corrected chi connectivity index (χ2v) is 4.36. The summed E-state index contributed by atoms with van der Waals surface area (Å²) in [4.78, 5) is 0. The summed E-state index contributed by atoms with van der Waals surface area (Å²) < 4.78 is 19.2. The van der Waals surface area contributed by atoms with Crippen LogP contribution in [0.5, 0.6) is 5.75 Å². The molecule has 2 nitrogen and oxygen atoms in total. The van der Waals surface area contributed by atoms with Crippen LogP contribution in [-0.4, -0.2) is 0 Å². The van der Waals surface area contributed by atoms with Crippen molar-refractivity contribution in [3.8, 4) is 5.75 Å². The first-order chi connectivity index (χ1) is 8.58. The van der Waals surface area contributed by atoms with E-state index in [0.717, 1.165) is 11.3 Å². The van der Waals surface area contributed by atoms with Crippen molar-refractivity contribution in [3.05, 3.63) is 58.9 Å². The minimum atomic E-state index is -0.402. The van der Waals surface area contributed by atoms with Crippen molar-refractivity contribution >= 4 is 5.69 Å². The van der Waals surface area contributed by atoms with Crippen molar-refractivity contribution in [2.24, 2.45) is 0 Å². The van der Waals surface area contributed by atoms with Gasteiger partial charge in [-0.2, -0.15) is 0 Å². The number of benzene rings is 2. The van der Waals surface area contributed by atoms with Crippen molar-refractivity contribution < 1.29 is 9.13 Å². The summed E-state index contributed by atoms with van der Waals surface area (Å²) >= 11 is 0. The Bertz CT molecular complexity index is 566. The molecule has 0 aliphatic rings. The Balaban J connectivity index is 2.11. The van der Waals surface area contributed by atoms with Crippen LogP contribution in [0.1, 0.15) is 16.7 Å². The number of rotatable bonds is 3. The van der Waals surface area contributed by atoms with E-state index in [1.807, 2.05) is 32.0 Å². The number of anilines is 1. The molecule has 0 heterocycles. The maximum atomic E-state index is 13.6. The normalized spacial score (nSPS) is 10.4. The van der Waals surface area contributed by atoms with Crippen molar-refractivity contribution in [1.82, 2.24) is 0 Å². The van der Waals surface area contributed by atoms with Crippen molar-refractivity contribution in [3.63, 3.8) is 0 Å².